The van der Waals surface area contributed by atoms with E-state index in [9.17, 15) is 9.59 Å². The van der Waals surface area contributed by atoms with Crippen LogP contribution in [-0.2, 0) is 0 Å². The molecule has 6 heteroatoms. The molecule has 1 aromatic heterocycles. The molecule has 0 radical (unpaired) electrons. The predicted octanol–water partition coefficient (Wildman–Crippen LogP) is 0.453. The lowest BCUT2D eigenvalue weighted by atomic mass is 10.1. The van der Waals surface area contributed by atoms with Gasteiger partial charge in [0.15, 0.2) is 0 Å². The zero-order chi connectivity index (χ0) is 14.8. The van der Waals surface area contributed by atoms with Crippen molar-refractivity contribution in [2.75, 3.05) is 18.0 Å². The number of nitrogens with two attached hydrogens (primary N) is 1. The molecular weight excluding hydrogens is 268 g/mol. The zero-order valence-electron chi connectivity index (χ0n) is 11.7. The normalized spacial score (nSPS) is 16.1. The van der Waals surface area contributed by atoms with Crippen LogP contribution in [-0.4, -0.2) is 28.7 Å². The monoisotopic (exact) mass is 286 g/mol. The quantitative estimate of drug-likeness (QED) is 0.839. The van der Waals surface area contributed by atoms with Crippen LogP contribution in [0.25, 0.3) is 5.69 Å². The van der Waals surface area contributed by atoms with Gasteiger partial charge >= 0.3 is 5.69 Å². The lowest BCUT2D eigenvalue weighted by Crippen LogP contribution is -2.39. The molecule has 110 valence electrons. The second-order valence-corrected chi connectivity index (χ2v) is 5.32. The van der Waals surface area contributed by atoms with E-state index in [1.165, 1.54) is 16.8 Å². The maximum Gasteiger partial charge on any atom is 0.332 e. The Morgan fingerprint density at radius 2 is 1.62 bits per heavy atom. The van der Waals surface area contributed by atoms with Crippen LogP contribution < -0.4 is 21.9 Å². The van der Waals surface area contributed by atoms with E-state index >= 15 is 0 Å². The highest BCUT2D eigenvalue weighted by Crippen LogP contribution is 2.20. The van der Waals surface area contributed by atoms with Crippen molar-refractivity contribution < 1.29 is 0 Å². The first kappa shape index (κ1) is 13.6. The lowest BCUT2D eigenvalue weighted by Gasteiger charge is -2.32. The molecule has 3 N–H and O–H groups in total. The van der Waals surface area contributed by atoms with Crippen molar-refractivity contribution >= 4 is 5.69 Å². The number of rotatable bonds is 2. The van der Waals surface area contributed by atoms with Gasteiger partial charge in [0, 0.05) is 37.1 Å². The number of aromatic nitrogens is 2. The zero-order valence-corrected chi connectivity index (χ0v) is 11.7. The fourth-order valence-electron chi connectivity index (χ4n) is 2.60. The third-order valence-corrected chi connectivity index (χ3v) is 3.86. The van der Waals surface area contributed by atoms with Crippen LogP contribution in [0.1, 0.15) is 12.8 Å². The van der Waals surface area contributed by atoms with Crippen LogP contribution in [0.15, 0.2) is 46.1 Å². The molecule has 0 saturated carbocycles. The van der Waals surface area contributed by atoms with Gasteiger partial charge in [-0.1, -0.05) is 0 Å². The highest BCUT2D eigenvalue weighted by Gasteiger charge is 2.16. The second kappa shape index (κ2) is 5.57. The van der Waals surface area contributed by atoms with Gasteiger partial charge in [-0.15, -0.1) is 0 Å². The van der Waals surface area contributed by atoms with Gasteiger partial charge in [-0.3, -0.25) is 14.3 Å². The molecule has 0 amide bonds. The molecule has 1 aliphatic heterocycles. The third-order valence-electron chi connectivity index (χ3n) is 3.86. The number of benzene rings is 1. The highest BCUT2D eigenvalue weighted by atomic mass is 16.2. The maximum absolute atomic E-state index is 11.7. The molecule has 1 aromatic carbocycles. The van der Waals surface area contributed by atoms with E-state index in [1.54, 1.807) is 0 Å². The molecular formula is C15H18N4O2. The summed E-state index contributed by atoms with van der Waals surface area (Å²) >= 11 is 0. The molecule has 6 nitrogen and oxygen atoms in total. The van der Waals surface area contributed by atoms with Gasteiger partial charge in [-0.05, 0) is 37.1 Å². The Balaban J connectivity index is 1.84. The first-order chi connectivity index (χ1) is 10.1. The molecule has 0 bridgehead atoms. The number of nitrogens with one attached hydrogen (secondary N) is 1. The standard InChI is InChI=1S/C15H18N4O2/c16-11-5-8-18(9-6-11)12-1-3-13(4-2-12)19-10-7-14(20)17-15(19)21/h1-4,7,10-11H,5-6,8-9,16H2,(H,17,20,21). The molecule has 1 aliphatic rings. The second-order valence-electron chi connectivity index (χ2n) is 5.32. The van der Waals surface area contributed by atoms with Crippen molar-refractivity contribution in [1.82, 2.24) is 9.55 Å². The maximum atomic E-state index is 11.7. The number of anilines is 1. The number of nitrogens with zero attached hydrogens (tertiary/aromatic N) is 2. The van der Waals surface area contributed by atoms with Crippen molar-refractivity contribution in [3.05, 3.63) is 57.4 Å². The molecule has 3 rings (SSSR count). The van der Waals surface area contributed by atoms with E-state index in [2.05, 4.69) is 9.88 Å². The Labute approximate surface area is 121 Å². The molecule has 2 aromatic rings. The van der Waals surface area contributed by atoms with Crippen molar-refractivity contribution in [2.24, 2.45) is 5.73 Å². The predicted molar refractivity (Wildman–Crippen MR) is 82.1 cm³/mol. The smallest absolute Gasteiger partial charge is 0.332 e. The van der Waals surface area contributed by atoms with Crippen LogP contribution in [0.3, 0.4) is 0 Å². The van der Waals surface area contributed by atoms with E-state index in [0.29, 0.717) is 6.04 Å². The Bertz CT molecular complexity index is 724. The summed E-state index contributed by atoms with van der Waals surface area (Å²) in [5, 5.41) is 0. The SMILES string of the molecule is NC1CCN(c2ccc(-n3ccc(=O)[nH]c3=O)cc2)CC1. The molecule has 0 atom stereocenters. The Kier molecular flexibility index (Phi) is 3.62. The Morgan fingerprint density at radius 3 is 2.24 bits per heavy atom. The largest absolute Gasteiger partial charge is 0.371 e. The van der Waals surface area contributed by atoms with Crippen molar-refractivity contribution in [1.29, 1.82) is 0 Å². The number of hydrogen-bond donors (Lipinski definition) is 2. The van der Waals surface area contributed by atoms with Crippen molar-refractivity contribution in [3.63, 3.8) is 0 Å². The molecule has 1 saturated heterocycles. The van der Waals surface area contributed by atoms with Crippen LogP contribution in [0.5, 0.6) is 0 Å². The first-order valence-electron chi connectivity index (χ1n) is 7.06. The van der Waals surface area contributed by atoms with Gasteiger partial charge in [-0.2, -0.15) is 0 Å². The van der Waals surface area contributed by atoms with E-state index in [0.717, 1.165) is 37.3 Å². The highest BCUT2D eigenvalue weighted by molar-refractivity contribution is 5.51. The summed E-state index contributed by atoms with van der Waals surface area (Å²) in [5.41, 5.74) is 6.95. The average molecular weight is 286 g/mol. The van der Waals surface area contributed by atoms with Crippen LogP contribution in [0.4, 0.5) is 5.69 Å². The molecule has 0 aliphatic carbocycles. The van der Waals surface area contributed by atoms with Gasteiger partial charge in [0.25, 0.3) is 5.56 Å². The summed E-state index contributed by atoms with van der Waals surface area (Å²) in [7, 11) is 0. The first-order valence-corrected chi connectivity index (χ1v) is 7.06. The lowest BCUT2D eigenvalue weighted by molar-refractivity contribution is 0.501. The average Bonchev–Trinajstić information content (AvgIpc) is 2.48. The summed E-state index contributed by atoms with van der Waals surface area (Å²) in [4.78, 5) is 27.4. The van der Waals surface area contributed by atoms with Gasteiger partial charge in [0.1, 0.15) is 0 Å². The van der Waals surface area contributed by atoms with E-state index in [4.69, 9.17) is 5.73 Å². The number of piperidine rings is 1. The fraction of sp³-hybridized carbons (Fsp3) is 0.333. The topological polar surface area (TPSA) is 84.1 Å². The summed E-state index contributed by atoms with van der Waals surface area (Å²) in [6.45, 7) is 1.91. The molecule has 2 heterocycles. The number of H-pyrrole nitrogens is 1. The summed E-state index contributed by atoms with van der Waals surface area (Å²) in [5.74, 6) is 0. The van der Waals surface area contributed by atoms with Crippen LogP contribution >= 0.6 is 0 Å². The minimum atomic E-state index is -0.431. The van der Waals surface area contributed by atoms with Crippen LogP contribution in [0, 0.1) is 0 Å². The van der Waals surface area contributed by atoms with Crippen LogP contribution in [0.2, 0.25) is 0 Å². The number of hydrogen-bond acceptors (Lipinski definition) is 4. The van der Waals surface area contributed by atoms with Gasteiger partial charge in [0.05, 0.1) is 5.69 Å². The van der Waals surface area contributed by atoms with Gasteiger partial charge < -0.3 is 10.6 Å². The van der Waals surface area contributed by atoms with Crippen molar-refractivity contribution in [3.8, 4) is 5.69 Å². The minimum Gasteiger partial charge on any atom is -0.371 e. The van der Waals surface area contributed by atoms with E-state index in [-0.39, 0.29) is 0 Å². The minimum absolute atomic E-state index is 0.306. The third kappa shape index (κ3) is 2.90. The Hall–Kier alpha value is -2.34. The summed E-state index contributed by atoms with van der Waals surface area (Å²) in [6.07, 6.45) is 3.48. The summed E-state index contributed by atoms with van der Waals surface area (Å²) < 4.78 is 1.41. The molecule has 1 fully saturated rings. The van der Waals surface area contributed by atoms with Crippen molar-refractivity contribution in [2.45, 2.75) is 18.9 Å². The molecule has 0 spiro atoms. The molecule has 21 heavy (non-hydrogen) atoms. The Morgan fingerprint density at radius 1 is 1.00 bits per heavy atom. The molecule has 0 unspecified atom stereocenters. The van der Waals surface area contributed by atoms with Gasteiger partial charge in [-0.25, -0.2) is 4.79 Å². The van der Waals surface area contributed by atoms with Gasteiger partial charge in [0.2, 0.25) is 0 Å². The summed E-state index contributed by atoms with van der Waals surface area (Å²) in [6, 6.07) is 9.38. The number of aromatic amines is 1. The van der Waals surface area contributed by atoms with E-state index in [1.807, 2.05) is 24.3 Å². The fourth-order valence-corrected chi connectivity index (χ4v) is 2.60. The van der Waals surface area contributed by atoms with E-state index < -0.39 is 11.2 Å².